The molecule has 128 valence electrons. The molecule has 0 N–H and O–H groups in total. The highest BCUT2D eigenvalue weighted by Crippen LogP contribution is 2.36. The van der Waals surface area contributed by atoms with E-state index in [0.29, 0.717) is 18.2 Å². The molecule has 2 heterocycles. The van der Waals surface area contributed by atoms with Crippen LogP contribution >= 0.6 is 11.8 Å². The van der Waals surface area contributed by atoms with Gasteiger partial charge in [0.2, 0.25) is 5.82 Å². The van der Waals surface area contributed by atoms with Gasteiger partial charge in [-0.3, -0.25) is 10.1 Å². The van der Waals surface area contributed by atoms with Gasteiger partial charge in [-0.15, -0.1) is 0 Å². The quantitative estimate of drug-likeness (QED) is 0.318. The van der Waals surface area contributed by atoms with Gasteiger partial charge in [-0.25, -0.2) is 8.42 Å². The minimum atomic E-state index is -3.09. The van der Waals surface area contributed by atoms with Crippen LogP contribution in [0.25, 0.3) is 0 Å². The second-order valence-electron chi connectivity index (χ2n) is 4.93. The molecule has 1 aromatic heterocycles. The number of anilines is 1. The van der Waals surface area contributed by atoms with Crippen LogP contribution in [0.5, 0.6) is 5.88 Å². The first-order chi connectivity index (χ1) is 10.9. The number of nitrogens with zero attached hydrogens (tertiary/aromatic N) is 4. The van der Waals surface area contributed by atoms with Crippen LogP contribution in [0.2, 0.25) is 0 Å². The van der Waals surface area contributed by atoms with Gasteiger partial charge in [0.25, 0.3) is 0 Å². The Hall–Kier alpha value is -1.62. The van der Waals surface area contributed by atoms with Gasteiger partial charge in [-0.2, -0.15) is 9.97 Å². The maximum atomic E-state index is 11.6. The number of nitro groups is 1. The summed E-state index contributed by atoms with van der Waals surface area (Å²) >= 11 is 1.25. The summed E-state index contributed by atoms with van der Waals surface area (Å²) in [4.78, 5) is 20.8. The van der Waals surface area contributed by atoms with Crippen LogP contribution in [0, 0.1) is 10.1 Å². The molecule has 9 nitrogen and oxygen atoms in total. The Bertz CT molecular complexity index is 681. The summed E-state index contributed by atoms with van der Waals surface area (Å²) in [6.07, 6.45) is 2.45. The molecular weight excluding hydrogens is 344 g/mol. The Kier molecular flexibility index (Phi) is 5.63. The molecule has 0 atom stereocenters. The number of hydrogen-bond acceptors (Lipinski definition) is 9. The van der Waals surface area contributed by atoms with Gasteiger partial charge in [-0.05, 0) is 12.7 Å². The predicted octanol–water partition coefficient (Wildman–Crippen LogP) is 1.13. The lowest BCUT2D eigenvalue weighted by atomic mass is 10.4. The van der Waals surface area contributed by atoms with Crippen molar-refractivity contribution in [2.24, 2.45) is 0 Å². The lowest BCUT2D eigenvalue weighted by molar-refractivity contribution is -0.385. The molecule has 0 bridgehead atoms. The van der Waals surface area contributed by atoms with Crippen molar-refractivity contribution in [2.45, 2.75) is 18.5 Å². The summed E-state index contributed by atoms with van der Waals surface area (Å²) in [6, 6.07) is 0. The Balaban J connectivity index is 2.45. The Labute approximate surface area is 138 Å². The molecule has 11 heteroatoms. The van der Waals surface area contributed by atoms with Gasteiger partial charge >= 0.3 is 11.6 Å². The maximum Gasteiger partial charge on any atom is 0.373 e. The van der Waals surface area contributed by atoms with E-state index >= 15 is 0 Å². The largest absolute Gasteiger partial charge is 0.473 e. The fourth-order valence-electron chi connectivity index (χ4n) is 2.10. The number of rotatable bonds is 6. The molecule has 0 radical (unpaired) electrons. The minimum absolute atomic E-state index is 0.0477. The van der Waals surface area contributed by atoms with Crippen molar-refractivity contribution in [1.29, 1.82) is 0 Å². The minimum Gasteiger partial charge on any atom is -0.473 e. The van der Waals surface area contributed by atoms with Crippen LogP contribution in [-0.2, 0) is 9.84 Å². The summed E-state index contributed by atoms with van der Waals surface area (Å²) in [5, 5.41) is 11.8. The van der Waals surface area contributed by atoms with Crippen LogP contribution in [0.4, 0.5) is 11.5 Å². The zero-order chi connectivity index (χ0) is 17.0. The molecule has 0 amide bonds. The fraction of sp³-hybridized carbons (Fsp3) is 0.667. The molecule has 1 aliphatic heterocycles. The van der Waals surface area contributed by atoms with E-state index < -0.39 is 14.8 Å². The molecule has 0 unspecified atom stereocenters. The van der Waals surface area contributed by atoms with Crippen LogP contribution in [0.1, 0.15) is 13.3 Å². The van der Waals surface area contributed by atoms with Crippen LogP contribution in [-0.4, -0.2) is 60.8 Å². The van der Waals surface area contributed by atoms with Gasteiger partial charge in [-0.1, -0.05) is 18.7 Å². The lowest BCUT2D eigenvalue weighted by Crippen LogP contribution is -2.41. The first kappa shape index (κ1) is 17.7. The van der Waals surface area contributed by atoms with Gasteiger partial charge in [0.1, 0.15) is 0 Å². The van der Waals surface area contributed by atoms with E-state index in [9.17, 15) is 18.5 Å². The highest BCUT2D eigenvalue weighted by molar-refractivity contribution is 7.98. The van der Waals surface area contributed by atoms with E-state index in [0.717, 1.165) is 0 Å². The Morgan fingerprint density at radius 1 is 1.35 bits per heavy atom. The third-order valence-electron chi connectivity index (χ3n) is 3.27. The van der Waals surface area contributed by atoms with Gasteiger partial charge in [0, 0.05) is 13.1 Å². The molecule has 1 fully saturated rings. The average Bonchev–Trinajstić information content (AvgIpc) is 2.51. The van der Waals surface area contributed by atoms with Crippen molar-refractivity contribution in [2.75, 3.05) is 42.4 Å². The molecule has 0 saturated carbocycles. The van der Waals surface area contributed by atoms with Crippen molar-refractivity contribution in [3.05, 3.63) is 10.1 Å². The van der Waals surface area contributed by atoms with Crippen molar-refractivity contribution in [3.63, 3.8) is 0 Å². The lowest BCUT2D eigenvalue weighted by Gasteiger charge is -2.27. The van der Waals surface area contributed by atoms with E-state index in [4.69, 9.17) is 4.74 Å². The molecule has 0 spiro atoms. The zero-order valence-corrected chi connectivity index (χ0v) is 14.5. The van der Waals surface area contributed by atoms with Crippen molar-refractivity contribution >= 4 is 33.1 Å². The molecule has 0 aliphatic carbocycles. The summed E-state index contributed by atoms with van der Waals surface area (Å²) in [7, 11) is -3.09. The van der Waals surface area contributed by atoms with E-state index in [1.165, 1.54) is 11.8 Å². The first-order valence-corrected chi connectivity index (χ1v) is 10.1. The highest BCUT2D eigenvalue weighted by Gasteiger charge is 2.33. The molecule has 1 aliphatic rings. The number of thioether (sulfide) groups is 1. The van der Waals surface area contributed by atoms with E-state index in [1.54, 1.807) is 11.2 Å². The highest BCUT2D eigenvalue weighted by atomic mass is 32.2. The Morgan fingerprint density at radius 2 is 2.00 bits per heavy atom. The fourth-order valence-corrected chi connectivity index (χ4v) is 3.65. The van der Waals surface area contributed by atoms with E-state index in [1.807, 2.05) is 6.92 Å². The van der Waals surface area contributed by atoms with Gasteiger partial charge in [0.15, 0.2) is 15.0 Å². The van der Waals surface area contributed by atoms with Crippen molar-refractivity contribution in [1.82, 2.24) is 9.97 Å². The standard InChI is InChI=1S/C12H18N4O5S2/c1-3-6-21-11-9(16(17)18)10(13-12(14-11)22-2)15-4-7-23(19,20)8-5-15/h3-8H2,1-2H3. The molecule has 1 aromatic rings. The molecule has 23 heavy (non-hydrogen) atoms. The maximum absolute atomic E-state index is 11.6. The third-order valence-corrected chi connectivity index (χ3v) is 5.42. The molecule has 2 rings (SSSR count). The van der Waals surface area contributed by atoms with E-state index in [-0.39, 0.29) is 42.0 Å². The average molecular weight is 362 g/mol. The van der Waals surface area contributed by atoms with Gasteiger partial charge < -0.3 is 9.64 Å². The van der Waals surface area contributed by atoms with Crippen molar-refractivity contribution in [3.8, 4) is 5.88 Å². The SMILES string of the molecule is CCCOc1nc(SC)nc(N2CCS(=O)(=O)CC2)c1[N+](=O)[O-]. The Morgan fingerprint density at radius 3 is 2.52 bits per heavy atom. The van der Waals surface area contributed by atoms with Crippen LogP contribution in [0.15, 0.2) is 5.16 Å². The van der Waals surface area contributed by atoms with E-state index in [2.05, 4.69) is 9.97 Å². The molecular formula is C12H18N4O5S2. The number of aromatic nitrogens is 2. The third kappa shape index (κ3) is 4.22. The van der Waals surface area contributed by atoms with Crippen molar-refractivity contribution < 1.29 is 18.1 Å². The molecule has 0 aromatic carbocycles. The van der Waals surface area contributed by atoms with Crippen LogP contribution in [0.3, 0.4) is 0 Å². The topological polar surface area (TPSA) is 116 Å². The number of sulfone groups is 1. The summed E-state index contributed by atoms with van der Waals surface area (Å²) in [6.45, 7) is 2.53. The second-order valence-corrected chi connectivity index (χ2v) is 8.01. The smallest absolute Gasteiger partial charge is 0.373 e. The normalized spacial score (nSPS) is 17.0. The summed E-state index contributed by atoms with van der Waals surface area (Å²) in [5.74, 6) is -0.0445. The zero-order valence-electron chi connectivity index (χ0n) is 12.9. The molecule has 1 saturated heterocycles. The number of hydrogen-bond donors (Lipinski definition) is 0. The summed E-state index contributed by atoms with van der Waals surface area (Å²) in [5.41, 5.74) is -0.310. The summed E-state index contributed by atoms with van der Waals surface area (Å²) < 4.78 is 28.5. The first-order valence-electron chi connectivity index (χ1n) is 7.06. The monoisotopic (exact) mass is 362 g/mol. The van der Waals surface area contributed by atoms with Gasteiger partial charge in [0.05, 0.1) is 23.0 Å². The predicted molar refractivity (Wildman–Crippen MR) is 87.1 cm³/mol. The van der Waals surface area contributed by atoms with Crippen LogP contribution < -0.4 is 9.64 Å². The number of ether oxygens (including phenoxy) is 1. The second kappa shape index (κ2) is 7.30.